The molecule has 0 aliphatic rings. The lowest BCUT2D eigenvalue weighted by molar-refractivity contribution is -0.117. The molecule has 0 aliphatic heterocycles. The van der Waals surface area contributed by atoms with Gasteiger partial charge in [-0.2, -0.15) is 0 Å². The summed E-state index contributed by atoms with van der Waals surface area (Å²) in [4.78, 5) is 41.2. The molecule has 2 aromatic carbocycles. The van der Waals surface area contributed by atoms with Crippen LogP contribution in [0.25, 0.3) is 10.9 Å². The standard InChI is InChI=1S/C21H22N4O3S/c1-3-22-20(28)24-18(26)13-29-21-23-17-7-5-4-6-16(17)19(27)25(21)12-15-10-8-14(2)9-11-15/h4-11H,3,12-13H2,1-2H3,(H2,22,24,26,28). The molecular formula is C21H22N4O3S. The van der Waals surface area contributed by atoms with Crippen LogP contribution in [0.1, 0.15) is 18.1 Å². The molecule has 8 heteroatoms. The Morgan fingerprint density at radius 2 is 1.83 bits per heavy atom. The highest BCUT2D eigenvalue weighted by molar-refractivity contribution is 7.99. The van der Waals surface area contributed by atoms with Crippen molar-refractivity contribution in [1.29, 1.82) is 0 Å². The van der Waals surface area contributed by atoms with Crippen molar-refractivity contribution in [2.75, 3.05) is 12.3 Å². The number of rotatable bonds is 6. The second-order valence-corrected chi connectivity index (χ2v) is 7.43. The van der Waals surface area contributed by atoms with Crippen LogP contribution in [0.15, 0.2) is 58.5 Å². The van der Waals surface area contributed by atoms with E-state index in [1.165, 1.54) is 0 Å². The average molecular weight is 410 g/mol. The fourth-order valence-electron chi connectivity index (χ4n) is 2.77. The van der Waals surface area contributed by atoms with Crippen LogP contribution in [0.2, 0.25) is 0 Å². The third-order valence-corrected chi connectivity index (χ3v) is 5.19. The van der Waals surface area contributed by atoms with Gasteiger partial charge in [0.15, 0.2) is 5.16 Å². The molecule has 3 aromatic rings. The second kappa shape index (κ2) is 9.38. The Bertz CT molecular complexity index is 1090. The van der Waals surface area contributed by atoms with Gasteiger partial charge in [-0.05, 0) is 31.5 Å². The molecule has 29 heavy (non-hydrogen) atoms. The fourth-order valence-corrected chi connectivity index (χ4v) is 3.57. The number of carbonyl (C=O) groups is 2. The van der Waals surface area contributed by atoms with E-state index < -0.39 is 11.9 Å². The maximum atomic E-state index is 13.1. The number of fused-ring (bicyclic) bond motifs is 1. The van der Waals surface area contributed by atoms with Gasteiger partial charge in [0.25, 0.3) is 5.56 Å². The van der Waals surface area contributed by atoms with Crippen molar-refractivity contribution < 1.29 is 9.59 Å². The minimum atomic E-state index is -0.540. The number of nitrogens with one attached hydrogen (secondary N) is 2. The number of amides is 3. The van der Waals surface area contributed by atoms with Crippen molar-refractivity contribution in [1.82, 2.24) is 20.2 Å². The lowest BCUT2D eigenvalue weighted by Crippen LogP contribution is -2.40. The molecule has 2 N–H and O–H groups in total. The van der Waals surface area contributed by atoms with Crippen LogP contribution in [-0.4, -0.2) is 33.8 Å². The first kappa shape index (κ1) is 20.6. The van der Waals surface area contributed by atoms with Gasteiger partial charge in [0.2, 0.25) is 5.91 Å². The highest BCUT2D eigenvalue weighted by Gasteiger charge is 2.14. The Kier molecular flexibility index (Phi) is 6.66. The number of aromatic nitrogens is 2. The van der Waals surface area contributed by atoms with Crippen molar-refractivity contribution >= 4 is 34.6 Å². The third-order valence-electron chi connectivity index (χ3n) is 4.21. The number of aryl methyl sites for hydroxylation is 1. The molecule has 3 rings (SSSR count). The zero-order valence-electron chi connectivity index (χ0n) is 16.3. The molecule has 1 aromatic heterocycles. The first-order valence-corrected chi connectivity index (χ1v) is 10.2. The van der Waals surface area contributed by atoms with Crippen molar-refractivity contribution in [3.8, 4) is 0 Å². The molecule has 1 heterocycles. The number of imide groups is 1. The molecule has 0 saturated heterocycles. The SMILES string of the molecule is CCNC(=O)NC(=O)CSc1nc2ccccc2c(=O)n1Cc1ccc(C)cc1. The van der Waals surface area contributed by atoms with Gasteiger partial charge in [-0.3, -0.25) is 19.5 Å². The summed E-state index contributed by atoms with van der Waals surface area (Å²) in [6.07, 6.45) is 0. The van der Waals surface area contributed by atoms with E-state index in [4.69, 9.17) is 0 Å². The minimum absolute atomic E-state index is 0.0319. The fraction of sp³-hybridized carbons (Fsp3) is 0.238. The number of urea groups is 1. The molecule has 0 spiro atoms. The summed E-state index contributed by atoms with van der Waals surface area (Å²) in [6.45, 7) is 4.54. The molecule has 0 bridgehead atoms. The van der Waals surface area contributed by atoms with E-state index in [9.17, 15) is 14.4 Å². The van der Waals surface area contributed by atoms with E-state index in [-0.39, 0.29) is 11.3 Å². The van der Waals surface area contributed by atoms with E-state index in [0.717, 1.165) is 22.9 Å². The Balaban J connectivity index is 1.89. The third kappa shape index (κ3) is 5.23. The highest BCUT2D eigenvalue weighted by atomic mass is 32.2. The van der Waals surface area contributed by atoms with Gasteiger partial charge < -0.3 is 5.32 Å². The molecule has 150 valence electrons. The van der Waals surface area contributed by atoms with Gasteiger partial charge in [-0.15, -0.1) is 0 Å². The maximum absolute atomic E-state index is 13.1. The Hall–Kier alpha value is -3.13. The van der Waals surface area contributed by atoms with Crippen LogP contribution in [0.4, 0.5) is 4.79 Å². The molecule has 0 unspecified atom stereocenters. The molecule has 0 radical (unpaired) electrons. The van der Waals surface area contributed by atoms with Crippen molar-refractivity contribution in [3.63, 3.8) is 0 Å². The molecule has 7 nitrogen and oxygen atoms in total. The zero-order valence-corrected chi connectivity index (χ0v) is 17.1. The van der Waals surface area contributed by atoms with Crippen molar-refractivity contribution in [2.24, 2.45) is 0 Å². The van der Waals surface area contributed by atoms with Gasteiger partial charge >= 0.3 is 6.03 Å². The van der Waals surface area contributed by atoms with E-state index in [1.807, 2.05) is 37.3 Å². The summed E-state index contributed by atoms with van der Waals surface area (Å²) < 4.78 is 1.57. The quantitative estimate of drug-likeness (QED) is 0.481. The highest BCUT2D eigenvalue weighted by Crippen LogP contribution is 2.19. The predicted octanol–water partition coefficient (Wildman–Crippen LogP) is 2.69. The van der Waals surface area contributed by atoms with Crippen LogP contribution in [0.3, 0.4) is 0 Å². The first-order chi connectivity index (χ1) is 14.0. The molecule has 3 amide bonds. The molecule has 0 fully saturated rings. The number of benzene rings is 2. The molecular weight excluding hydrogens is 388 g/mol. The molecule has 0 atom stereocenters. The Morgan fingerprint density at radius 1 is 1.10 bits per heavy atom. The van der Waals surface area contributed by atoms with Gasteiger partial charge in [0.1, 0.15) is 0 Å². The maximum Gasteiger partial charge on any atom is 0.321 e. The van der Waals surface area contributed by atoms with Gasteiger partial charge in [0, 0.05) is 6.54 Å². The summed E-state index contributed by atoms with van der Waals surface area (Å²) in [7, 11) is 0. The predicted molar refractivity (Wildman–Crippen MR) is 114 cm³/mol. The van der Waals surface area contributed by atoms with Crippen LogP contribution in [0.5, 0.6) is 0 Å². The number of thioether (sulfide) groups is 1. The zero-order chi connectivity index (χ0) is 20.8. The average Bonchev–Trinajstić information content (AvgIpc) is 2.70. The van der Waals surface area contributed by atoms with E-state index in [2.05, 4.69) is 15.6 Å². The Labute approximate surface area is 172 Å². The van der Waals surface area contributed by atoms with Crippen LogP contribution >= 0.6 is 11.8 Å². The topological polar surface area (TPSA) is 93.1 Å². The summed E-state index contributed by atoms with van der Waals surface area (Å²) >= 11 is 1.13. The summed E-state index contributed by atoms with van der Waals surface area (Å²) in [5.41, 5.74) is 2.50. The number of para-hydroxylation sites is 1. The second-order valence-electron chi connectivity index (χ2n) is 6.48. The summed E-state index contributed by atoms with van der Waals surface area (Å²) in [5, 5.41) is 5.71. The van der Waals surface area contributed by atoms with Crippen LogP contribution in [0, 0.1) is 6.92 Å². The van der Waals surface area contributed by atoms with Crippen LogP contribution in [-0.2, 0) is 11.3 Å². The lowest BCUT2D eigenvalue weighted by atomic mass is 10.1. The number of hydrogen-bond donors (Lipinski definition) is 2. The van der Waals surface area contributed by atoms with E-state index in [1.54, 1.807) is 29.7 Å². The van der Waals surface area contributed by atoms with E-state index >= 15 is 0 Å². The van der Waals surface area contributed by atoms with Gasteiger partial charge in [0.05, 0.1) is 23.2 Å². The molecule has 0 saturated carbocycles. The minimum Gasteiger partial charge on any atom is -0.338 e. The van der Waals surface area contributed by atoms with Crippen LogP contribution < -0.4 is 16.2 Å². The lowest BCUT2D eigenvalue weighted by Gasteiger charge is -2.13. The summed E-state index contributed by atoms with van der Waals surface area (Å²) in [6, 6.07) is 14.5. The summed E-state index contributed by atoms with van der Waals surface area (Å²) in [5.74, 6) is -0.485. The van der Waals surface area contributed by atoms with Crippen molar-refractivity contribution in [2.45, 2.75) is 25.5 Å². The van der Waals surface area contributed by atoms with Crippen molar-refractivity contribution in [3.05, 3.63) is 70.0 Å². The van der Waals surface area contributed by atoms with E-state index in [0.29, 0.717) is 29.1 Å². The smallest absolute Gasteiger partial charge is 0.321 e. The number of hydrogen-bond acceptors (Lipinski definition) is 5. The normalized spacial score (nSPS) is 10.7. The first-order valence-electron chi connectivity index (χ1n) is 9.23. The Morgan fingerprint density at radius 3 is 2.55 bits per heavy atom. The van der Waals surface area contributed by atoms with Gasteiger partial charge in [-0.25, -0.2) is 9.78 Å². The largest absolute Gasteiger partial charge is 0.338 e. The number of nitrogens with zero attached hydrogens (tertiary/aromatic N) is 2. The monoisotopic (exact) mass is 410 g/mol. The molecule has 0 aliphatic carbocycles. The van der Waals surface area contributed by atoms with Gasteiger partial charge in [-0.1, -0.05) is 53.7 Å². The number of carbonyl (C=O) groups excluding carboxylic acids is 2.